The summed E-state index contributed by atoms with van der Waals surface area (Å²) in [4.78, 5) is 23.9. The Balaban J connectivity index is 1.69. The number of nitrogens with zero attached hydrogens (tertiary/aromatic N) is 4. The largest absolute Gasteiger partial charge is 0.493 e. The van der Waals surface area contributed by atoms with E-state index in [0.717, 1.165) is 44.1 Å². The molecular weight excluding hydrogens is 445 g/mol. The Morgan fingerprint density at radius 1 is 1.21 bits per heavy atom. The van der Waals surface area contributed by atoms with E-state index in [1.807, 2.05) is 4.57 Å². The zero-order valence-corrected chi connectivity index (χ0v) is 18.8. The topological polar surface area (TPSA) is 121 Å². The first kappa shape index (κ1) is 23.1. The minimum atomic E-state index is -0.855. The first-order valence-electron chi connectivity index (χ1n) is 11.0. The molecule has 0 unspecified atom stereocenters. The number of amides is 1. The molecule has 3 aromatic rings. The predicted octanol–water partition coefficient (Wildman–Crippen LogP) is 4.38. The molecule has 1 aromatic heterocycles. The van der Waals surface area contributed by atoms with Gasteiger partial charge in [0, 0.05) is 24.6 Å². The molecule has 0 atom stereocenters. The van der Waals surface area contributed by atoms with Crippen LogP contribution in [0.15, 0.2) is 30.3 Å². The molecule has 0 spiro atoms. The number of rotatable bonds is 7. The van der Waals surface area contributed by atoms with Crippen molar-refractivity contribution in [3.8, 4) is 22.9 Å². The van der Waals surface area contributed by atoms with Crippen LogP contribution in [0.3, 0.4) is 0 Å². The van der Waals surface area contributed by atoms with Gasteiger partial charge in [0.2, 0.25) is 0 Å². The number of carbonyl (C=O) groups excluding carboxylic acids is 1. The fraction of sp³-hybridized carbons (Fsp3) is 0.348. The van der Waals surface area contributed by atoms with E-state index >= 15 is 0 Å². The molecule has 1 aliphatic heterocycles. The van der Waals surface area contributed by atoms with Crippen LogP contribution in [0, 0.1) is 15.9 Å². The molecule has 1 aliphatic rings. The highest BCUT2D eigenvalue weighted by Gasteiger charge is 2.26. The number of benzene rings is 2. The van der Waals surface area contributed by atoms with Crippen molar-refractivity contribution in [3.63, 3.8) is 0 Å². The maximum Gasteiger partial charge on any atom is 0.286 e. The van der Waals surface area contributed by atoms with Crippen molar-refractivity contribution < 1.29 is 23.6 Å². The van der Waals surface area contributed by atoms with Crippen molar-refractivity contribution in [2.75, 3.05) is 19.0 Å². The summed E-state index contributed by atoms with van der Waals surface area (Å²) < 4.78 is 27.2. The van der Waals surface area contributed by atoms with Crippen molar-refractivity contribution in [2.24, 2.45) is 0 Å². The molecule has 0 saturated carbocycles. The van der Waals surface area contributed by atoms with Crippen molar-refractivity contribution >= 4 is 17.3 Å². The van der Waals surface area contributed by atoms with E-state index in [1.165, 1.54) is 25.3 Å². The van der Waals surface area contributed by atoms with Crippen LogP contribution in [0.2, 0.25) is 0 Å². The number of ether oxygens (including phenoxy) is 2. The molecule has 0 saturated heterocycles. The van der Waals surface area contributed by atoms with Crippen LogP contribution in [-0.4, -0.2) is 39.3 Å². The van der Waals surface area contributed by atoms with Crippen LogP contribution < -0.4 is 14.8 Å². The number of anilines is 1. The first-order valence-corrected chi connectivity index (χ1v) is 11.0. The summed E-state index contributed by atoms with van der Waals surface area (Å²) in [5.74, 6) is 0.202. The van der Waals surface area contributed by atoms with Gasteiger partial charge in [-0.15, -0.1) is 10.2 Å². The van der Waals surface area contributed by atoms with E-state index in [2.05, 4.69) is 15.5 Å². The maximum atomic E-state index is 14.6. The summed E-state index contributed by atoms with van der Waals surface area (Å²) in [7, 11) is 1.34. The first-order chi connectivity index (χ1) is 16.4. The highest BCUT2D eigenvalue weighted by molar-refractivity contribution is 6.07. The Morgan fingerprint density at radius 3 is 2.76 bits per heavy atom. The number of fused-ring (bicyclic) bond motifs is 1. The van der Waals surface area contributed by atoms with Gasteiger partial charge in [0.05, 0.1) is 30.4 Å². The molecule has 2 heterocycles. The third-order valence-electron chi connectivity index (χ3n) is 5.61. The number of nitro groups is 1. The number of aryl methyl sites for hydroxylation is 1. The van der Waals surface area contributed by atoms with E-state index < -0.39 is 22.3 Å². The van der Waals surface area contributed by atoms with Crippen LogP contribution in [-0.2, 0) is 13.0 Å². The standard InChI is InChI=1S/C23H24FN5O5/c1-3-34-20-12-15(18(29(31)32)13-19(20)33-2)23(30)25-17-11-14(8-9-16(17)24)22-27-26-21-7-5-4-6-10-28(21)22/h8-9,11-13H,3-7,10H2,1-2H3,(H,25,30). The van der Waals surface area contributed by atoms with E-state index in [9.17, 15) is 19.3 Å². The number of carbonyl (C=O) groups is 1. The van der Waals surface area contributed by atoms with Crippen molar-refractivity contribution in [3.05, 3.63) is 57.7 Å². The second-order valence-electron chi connectivity index (χ2n) is 7.76. The summed E-state index contributed by atoms with van der Waals surface area (Å²) in [5, 5.41) is 22.6. The van der Waals surface area contributed by atoms with Gasteiger partial charge >= 0.3 is 0 Å². The second kappa shape index (κ2) is 9.86. The minimum absolute atomic E-state index is 0.116. The fourth-order valence-electron chi connectivity index (χ4n) is 3.96. The molecule has 11 heteroatoms. The van der Waals surface area contributed by atoms with Crippen LogP contribution >= 0.6 is 0 Å². The maximum absolute atomic E-state index is 14.6. The molecule has 0 fully saturated rings. The zero-order chi connectivity index (χ0) is 24.2. The van der Waals surface area contributed by atoms with Crippen molar-refractivity contribution in [1.82, 2.24) is 14.8 Å². The van der Waals surface area contributed by atoms with Gasteiger partial charge in [-0.25, -0.2) is 4.39 Å². The predicted molar refractivity (Wildman–Crippen MR) is 122 cm³/mol. The third kappa shape index (κ3) is 4.54. The Morgan fingerprint density at radius 2 is 2.03 bits per heavy atom. The molecule has 4 rings (SSSR count). The van der Waals surface area contributed by atoms with Crippen molar-refractivity contribution in [2.45, 2.75) is 39.2 Å². The number of aromatic nitrogens is 3. The van der Waals surface area contributed by atoms with Crippen molar-refractivity contribution in [1.29, 1.82) is 0 Å². The molecule has 34 heavy (non-hydrogen) atoms. The molecule has 0 aliphatic carbocycles. The molecule has 0 radical (unpaired) electrons. The SMILES string of the molecule is CCOc1cc(C(=O)Nc2cc(-c3nnc4n3CCCCC4)ccc2F)c([N+](=O)[O-])cc1OC. The monoisotopic (exact) mass is 469 g/mol. The number of methoxy groups -OCH3 is 1. The lowest BCUT2D eigenvalue weighted by Gasteiger charge is -2.13. The Hall–Kier alpha value is -4.02. The number of hydrogen-bond donors (Lipinski definition) is 1. The van der Waals surface area contributed by atoms with E-state index in [0.29, 0.717) is 11.4 Å². The molecular formula is C23H24FN5O5. The Bertz CT molecular complexity index is 1240. The lowest BCUT2D eigenvalue weighted by Crippen LogP contribution is -2.16. The number of nitrogens with one attached hydrogen (secondary N) is 1. The van der Waals surface area contributed by atoms with Gasteiger partial charge in [-0.2, -0.15) is 0 Å². The van der Waals surface area contributed by atoms with Gasteiger partial charge in [0.15, 0.2) is 17.3 Å². The molecule has 1 N–H and O–H groups in total. The summed E-state index contributed by atoms with van der Waals surface area (Å²) in [5.41, 5.74) is -0.319. The lowest BCUT2D eigenvalue weighted by molar-refractivity contribution is -0.385. The number of hydrogen-bond acceptors (Lipinski definition) is 7. The van der Waals surface area contributed by atoms with Gasteiger partial charge in [-0.1, -0.05) is 6.42 Å². The van der Waals surface area contributed by atoms with Crippen LogP contribution in [0.1, 0.15) is 42.4 Å². The molecule has 2 aromatic carbocycles. The van der Waals surface area contributed by atoms with Crippen LogP contribution in [0.25, 0.3) is 11.4 Å². The van der Waals surface area contributed by atoms with Gasteiger partial charge in [-0.3, -0.25) is 14.9 Å². The average molecular weight is 469 g/mol. The van der Waals surface area contributed by atoms with Gasteiger partial charge < -0.3 is 19.4 Å². The van der Waals surface area contributed by atoms with E-state index in [4.69, 9.17) is 9.47 Å². The number of halogens is 1. The lowest BCUT2D eigenvalue weighted by atomic mass is 10.1. The zero-order valence-electron chi connectivity index (χ0n) is 18.8. The summed E-state index contributed by atoms with van der Waals surface area (Å²) >= 11 is 0. The highest BCUT2D eigenvalue weighted by atomic mass is 19.1. The van der Waals surface area contributed by atoms with Crippen LogP contribution in [0.5, 0.6) is 11.5 Å². The number of nitro benzene ring substituents is 1. The molecule has 1 amide bonds. The quantitative estimate of drug-likeness (QED) is 0.403. The van der Waals surface area contributed by atoms with E-state index in [1.54, 1.807) is 13.0 Å². The summed E-state index contributed by atoms with van der Waals surface area (Å²) in [6.07, 6.45) is 3.94. The minimum Gasteiger partial charge on any atom is -0.493 e. The van der Waals surface area contributed by atoms with Gasteiger partial charge in [-0.05, 0) is 38.0 Å². The Labute approximate surface area is 194 Å². The third-order valence-corrected chi connectivity index (χ3v) is 5.61. The van der Waals surface area contributed by atoms with Gasteiger partial charge in [0.25, 0.3) is 11.6 Å². The highest BCUT2D eigenvalue weighted by Crippen LogP contribution is 2.35. The summed E-state index contributed by atoms with van der Waals surface area (Å²) in [6.45, 7) is 2.75. The molecule has 178 valence electrons. The molecule has 10 nitrogen and oxygen atoms in total. The Kier molecular flexibility index (Phi) is 6.71. The van der Waals surface area contributed by atoms with E-state index in [-0.39, 0.29) is 29.4 Å². The fourth-order valence-corrected chi connectivity index (χ4v) is 3.96. The molecule has 0 bridgehead atoms. The van der Waals surface area contributed by atoms with Crippen LogP contribution in [0.4, 0.5) is 15.8 Å². The average Bonchev–Trinajstić information content (AvgIpc) is 3.08. The smallest absolute Gasteiger partial charge is 0.286 e. The summed E-state index contributed by atoms with van der Waals surface area (Å²) in [6, 6.07) is 6.57. The second-order valence-corrected chi connectivity index (χ2v) is 7.76. The van der Waals surface area contributed by atoms with Gasteiger partial charge in [0.1, 0.15) is 17.2 Å². The normalized spacial score (nSPS) is 13.0.